The minimum absolute atomic E-state index is 0.0132. The largest absolute Gasteiger partial charge is 0.381 e. The molecule has 0 aliphatic carbocycles. The van der Waals surface area contributed by atoms with Gasteiger partial charge in [0.05, 0.1) is 19.8 Å². The second-order valence-corrected chi connectivity index (χ2v) is 5.37. The smallest absolute Gasteiger partial charge is 0.234 e. The second kappa shape index (κ2) is 8.96. The van der Waals surface area contributed by atoms with Crippen molar-refractivity contribution in [2.75, 3.05) is 52.6 Å². The first-order valence-corrected chi connectivity index (χ1v) is 7.69. The molecule has 0 radical (unpaired) electrons. The molecular formula is C14H25N3O4. The molecule has 2 N–H and O–H groups in total. The third-order valence-corrected chi connectivity index (χ3v) is 3.75. The Kier molecular flexibility index (Phi) is 6.91. The van der Waals surface area contributed by atoms with Gasteiger partial charge in [0, 0.05) is 45.3 Å². The van der Waals surface area contributed by atoms with Gasteiger partial charge < -0.3 is 25.0 Å². The fraction of sp³-hybridized carbons (Fsp3) is 0.857. The zero-order valence-electron chi connectivity index (χ0n) is 12.4. The molecule has 0 unspecified atom stereocenters. The first-order valence-electron chi connectivity index (χ1n) is 7.69. The predicted molar refractivity (Wildman–Crippen MR) is 76.9 cm³/mol. The van der Waals surface area contributed by atoms with Crippen molar-refractivity contribution in [1.82, 2.24) is 15.5 Å². The van der Waals surface area contributed by atoms with E-state index < -0.39 is 0 Å². The van der Waals surface area contributed by atoms with E-state index in [2.05, 4.69) is 10.6 Å². The Morgan fingerprint density at radius 3 is 2.43 bits per heavy atom. The summed E-state index contributed by atoms with van der Waals surface area (Å²) in [6, 6.07) is 0.225. The number of amides is 2. The number of nitrogens with zero attached hydrogens (tertiary/aromatic N) is 1. The van der Waals surface area contributed by atoms with Gasteiger partial charge in [-0.15, -0.1) is 0 Å². The molecule has 0 spiro atoms. The Balaban J connectivity index is 1.52. The highest BCUT2D eigenvalue weighted by Crippen LogP contribution is 2.05. The van der Waals surface area contributed by atoms with Crippen LogP contribution in [0, 0.1) is 0 Å². The van der Waals surface area contributed by atoms with E-state index in [1.165, 1.54) is 0 Å². The van der Waals surface area contributed by atoms with Gasteiger partial charge in [0.15, 0.2) is 0 Å². The van der Waals surface area contributed by atoms with Crippen LogP contribution in [0.2, 0.25) is 0 Å². The lowest BCUT2D eigenvalue weighted by atomic mass is 10.1. The number of nitrogens with one attached hydrogen (secondary N) is 2. The van der Waals surface area contributed by atoms with E-state index in [1.54, 1.807) is 0 Å². The summed E-state index contributed by atoms with van der Waals surface area (Å²) in [7, 11) is 0. The lowest BCUT2D eigenvalue weighted by molar-refractivity contribution is -0.135. The zero-order chi connectivity index (χ0) is 14.9. The van der Waals surface area contributed by atoms with Crippen LogP contribution in [-0.4, -0.2) is 75.4 Å². The van der Waals surface area contributed by atoms with Crippen LogP contribution in [0.15, 0.2) is 0 Å². The maximum absolute atomic E-state index is 11.9. The molecule has 120 valence electrons. The summed E-state index contributed by atoms with van der Waals surface area (Å²) in [5, 5.41) is 6.00. The summed E-state index contributed by atoms with van der Waals surface area (Å²) >= 11 is 0. The van der Waals surface area contributed by atoms with Gasteiger partial charge in [-0.05, 0) is 12.8 Å². The number of hydrogen-bond donors (Lipinski definition) is 2. The van der Waals surface area contributed by atoms with Crippen LogP contribution in [0.4, 0.5) is 0 Å². The van der Waals surface area contributed by atoms with Crippen molar-refractivity contribution in [1.29, 1.82) is 0 Å². The Morgan fingerprint density at radius 2 is 1.71 bits per heavy atom. The molecule has 7 nitrogen and oxygen atoms in total. The normalized spacial score (nSPS) is 20.3. The van der Waals surface area contributed by atoms with Crippen LogP contribution < -0.4 is 10.6 Å². The summed E-state index contributed by atoms with van der Waals surface area (Å²) in [6.07, 6.45) is 2.17. The number of carbonyl (C=O) groups excluding carboxylic acids is 2. The van der Waals surface area contributed by atoms with Crippen molar-refractivity contribution in [2.45, 2.75) is 25.3 Å². The van der Waals surface area contributed by atoms with Crippen LogP contribution in [-0.2, 0) is 19.1 Å². The highest BCUT2D eigenvalue weighted by Gasteiger charge is 2.17. The number of rotatable bonds is 6. The molecule has 21 heavy (non-hydrogen) atoms. The standard InChI is InChI=1S/C14H25N3O4/c18-13(16-12-2-7-20-8-3-12)11-15-4-1-14(19)17-5-9-21-10-6-17/h12,15H,1-11H2,(H,16,18). The van der Waals surface area contributed by atoms with Crippen LogP contribution >= 0.6 is 0 Å². The molecule has 2 amide bonds. The topological polar surface area (TPSA) is 79.9 Å². The maximum atomic E-state index is 11.9. The second-order valence-electron chi connectivity index (χ2n) is 5.37. The molecular weight excluding hydrogens is 274 g/mol. The SMILES string of the molecule is O=C(CNCCC(=O)N1CCOCC1)NC1CCOCC1. The average molecular weight is 299 g/mol. The molecule has 2 aliphatic rings. The van der Waals surface area contributed by atoms with Crippen LogP contribution in [0.5, 0.6) is 0 Å². The number of ether oxygens (including phenoxy) is 2. The van der Waals surface area contributed by atoms with Crippen LogP contribution in [0.25, 0.3) is 0 Å². The molecule has 0 aromatic rings. The van der Waals surface area contributed by atoms with Crippen LogP contribution in [0.3, 0.4) is 0 Å². The molecule has 0 bridgehead atoms. The van der Waals surface area contributed by atoms with Gasteiger partial charge in [-0.25, -0.2) is 0 Å². The van der Waals surface area contributed by atoms with Crippen molar-refractivity contribution >= 4 is 11.8 Å². The maximum Gasteiger partial charge on any atom is 0.234 e. The quantitative estimate of drug-likeness (QED) is 0.623. The minimum atomic E-state index is -0.0132. The molecule has 2 saturated heterocycles. The third-order valence-electron chi connectivity index (χ3n) is 3.75. The van der Waals surface area contributed by atoms with E-state index in [4.69, 9.17) is 9.47 Å². The molecule has 0 aromatic carbocycles. The first-order chi connectivity index (χ1) is 10.3. The summed E-state index contributed by atoms with van der Waals surface area (Å²) in [4.78, 5) is 25.4. The van der Waals surface area contributed by atoms with E-state index in [0.717, 1.165) is 12.8 Å². The Hall–Kier alpha value is -1.18. The van der Waals surface area contributed by atoms with Gasteiger partial charge in [-0.1, -0.05) is 0 Å². The van der Waals surface area contributed by atoms with Crippen molar-refractivity contribution in [2.24, 2.45) is 0 Å². The summed E-state index contributed by atoms with van der Waals surface area (Å²) in [5.74, 6) is 0.108. The number of hydrogen-bond acceptors (Lipinski definition) is 5. The van der Waals surface area contributed by atoms with Crippen LogP contribution in [0.1, 0.15) is 19.3 Å². The fourth-order valence-corrected chi connectivity index (χ4v) is 2.49. The lowest BCUT2D eigenvalue weighted by Gasteiger charge is -2.27. The van der Waals surface area contributed by atoms with Gasteiger partial charge in [-0.2, -0.15) is 0 Å². The van der Waals surface area contributed by atoms with E-state index in [-0.39, 0.29) is 24.4 Å². The molecule has 2 heterocycles. The predicted octanol–water partition coefficient (Wildman–Crippen LogP) is -0.880. The number of morpholine rings is 1. The van der Waals surface area contributed by atoms with Crippen molar-refractivity contribution in [3.63, 3.8) is 0 Å². The number of carbonyl (C=O) groups is 2. The Labute approximate surface area is 125 Å². The van der Waals surface area contributed by atoms with Crippen molar-refractivity contribution in [3.8, 4) is 0 Å². The molecule has 0 saturated carbocycles. The van der Waals surface area contributed by atoms with E-state index >= 15 is 0 Å². The molecule has 0 aromatic heterocycles. The summed E-state index contributed by atoms with van der Waals surface area (Å²) in [6.45, 7) is 4.79. The minimum Gasteiger partial charge on any atom is -0.381 e. The van der Waals surface area contributed by atoms with Gasteiger partial charge in [-0.3, -0.25) is 9.59 Å². The molecule has 2 aliphatic heterocycles. The van der Waals surface area contributed by atoms with Gasteiger partial charge >= 0.3 is 0 Å². The Morgan fingerprint density at radius 1 is 1.05 bits per heavy atom. The van der Waals surface area contributed by atoms with E-state index in [9.17, 15) is 9.59 Å². The summed E-state index contributed by atoms with van der Waals surface area (Å²) < 4.78 is 10.5. The zero-order valence-corrected chi connectivity index (χ0v) is 12.4. The highest BCUT2D eigenvalue weighted by atomic mass is 16.5. The fourth-order valence-electron chi connectivity index (χ4n) is 2.49. The average Bonchev–Trinajstić information content (AvgIpc) is 2.53. The van der Waals surface area contributed by atoms with Gasteiger partial charge in [0.2, 0.25) is 11.8 Å². The van der Waals surface area contributed by atoms with Gasteiger partial charge in [0.25, 0.3) is 0 Å². The summed E-state index contributed by atoms with van der Waals surface area (Å²) in [5.41, 5.74) is 0. The monoisotopic (exact) mass is 299 g/mol. The van der Waals surface area contributed by atoms with Crippen molar-refractivity contribution in [3.05, 3.63) is 0 Å². The lowest BCUT2D eigenvalue weighted by Crippen LogP contribution is -2.44. The van der Waals surface area contributed by atoms with Gasteiger partial charge in [0.1, 0.15) is 0 Å². The molecule has 0 atom stereocenters. The molecule has 2 rings (SSSR count). The van der Waals surface area contributed by atoms with Crippen molar-refractivity contribution < 1.29 is 19.1 Å². The Bertz CT molecular complexity index is 339. The first kappa shape index (κ1) is 16.2. The molecule has 7 heteroatoms. The molecule has 2 fully saturated rings. The van der Waals surface area contributed by atoms with E-state index in [1.807, 2.05) is 4.90 Å². The third kappa shape index (κ3) is 5.99. The van der Waals surface area contributed by atoms with E-state index in [0.29, 0.717) is 52.5 Å². The highest BCUT2D eigenvalue weighted by molar-refractivity contribution is 5.79.